The second-order valence-corrected chi connectivity index (χ2v) is 7.30. The fourth-order valence-electron chi connectivity index (χ4n) is 2.16. The number of rotatable bonds is 8. The van der Waals surface area contributed by atoms with Crippen molar-refractivity contribution in [2.24, 2.45) is 0 Å². The molecule has 4 heteroatoms. The highest BCUT2D eigenvalue weighted by Crippen LogP contribution is 2.18. The van der Waals surface area contributed by atoms with Crippen LogP contribution in [0.5, 0.6) is 5.75 Å². The van der Waals surface area contributed by atoms with Crippen molar-refractivity contribution in [3.05, 3.63) is 65.7 Å². The van der Waals surface area contributed by atoms with Gasteiger partial charge in [-0.1, -0.05) is 42.5 Å². The van der Waals surface area contributed by atoms with Gasteiger partial charge in [0.25, 0.3) is 0 Å². The Morgan fingerprint density at radius 3 is 2.29 bits per heavy atom. The van der Waals surface area contributed by atoms with E-state index in [4.69, 9.17) is 4.74 Å². The van der Waals surface area contributed by atoms with Crippen LogP contribution in [0, 0.1) is 0 Å². The van der Waals surface area contributed by atoms with Gasteiger partial charge in [0.2, 0.25) is 5.91 Å². The Hall–Kier alpha value is -1.94. The molecule has 0 aliphatic heterocycles. The van der Waals surface area contributed by atoms with E-state index in [1.807, 2.05) is 63.2 Å². The lowest BCUT2D eigenvalue weighted by atomic mass is 10.2. The first-order chi connectivity index (χ1) is 11.5. The van der Waals surface area contributed by atoms with Crippen molar-refractivity contribution in [2.45, 2.75) is 44.4 Å². The lowest BCUT2D eigenvalue weighted by Gasteiger charge is -2.13. The van der Waals surface area contributed by atoms with E-state index in [1.165, 1.54) is 5.56 Å². The highest BCUT2D eigenvalue weighted by atomic mass is 32.2. The largest absolute Gasteiger partial charge is 0.491 e. The van der Waals surface area contributed by atoms with Crippen LogP contribution < -0.4 is 10.1 Å². The molecule has 0 unspecified atom stereocenters. The van der Waals surface area contributed by atoms with Crippen molar-refractivity contribution < 1.29 is 9.53 Å². The van der Waals surface area contributed by atoms with Crippen LogP contribution in [0.3, 0.4) is 0 Å². The summed E-state index contributed by atoms with van der Waals surface area (Å²) >= 11 is 1.65. The van der Waals surface area contributed by atoms with Crippen LogP contribution in [0.1, 0.15) is 31.9 Å². The van der Waals surface area contributed by atoms with Crippen LogP contribution in [0.2, 0.25) is 0 Å². The highest BCUT2D eigenvalue weighted by Gasteiger charge is 2.13. The summed E-state index contributed by atoms with van der Waals surface area (Å²) in [6.07, 6.45) is 0.165. The first-order valence-corrected chi connectivity index (χ1v) is 9.28. The number of hydrogen-bond donors (Lipinski definition) is 1. The lowest BCUT2D eigenvalue weighted by Crippen LogP contribution is -2.30. The quantitative estimate of drug-likeness (QED) is 0.771. The summed E-state index contributed by atoms with van der Waals surface area (Å²) in [5, 5.41) is 2.92. The van der Waals surface area contributed by atoms with E-state index in [2.05, 4.69) is 17.4 Å². The van der Waals surface area contributed by atoms with E-state index >= 15 is 0 Å². The minimum atomic E-state index is -0.0752. The molecule has 0 aliphatic rings. The van der Waals surface area contributed by atoms with Gasteiger partial charge in [0.05, 0.1) is 11.4 Å². The third-order valence-electron chi connectivity index (χ3n) is 3.47. The van der Waals surface area contributed by atoms with Crippen LogP contribution in [-0.4, -0.2) is 17.3 Å². The third kappa shape index (κ3) is 6.28. The second kappa shape index (κ2) is 9.38. The average Bonchev–Trinajstić information content (AvgIpc) is 2.59. The summed E-state index contributed by atoms with van der Waals surface area (Å²) < 4.78 is 5.62. The summed E-state index contributed by atoms with van der Waals surface area (Å²) in [6, 6.07) is 18.1. The highest BCUT2D eigenvalue weighted by molar-refractivity contribution is 7.99. The molecule has 24 heavy (non-hydrogen) atoms. The first kappa shape index (κ1) is 18.4. The molecule has 0 saturated carbocycles. The molecular formula is C20H25NO2S. The number of nitrogens with one attached hydrogen (secondary N) is 1. The van der Waals surface area contributed by atoms with Gasteiger partial charge in [-0.25, -0.2) is 0 Å². The fraction of sp³-hybridized carbons (Fsp3) is 0.350. The normalized spacial score (nSPS) is 12.0. The van der Waals surface area contributed by atoms with E-state index < -0.39 is 0 Å². The van der Waals surface area contributed by atoms with Crippen LogP contribution in [0.4, 0.5) is 0 Å². The molecule has 0 saturated heterocycles. The van der Waals surface area contributed by atoms with Crippen molar-refractivity contribution in [3.63, 3.8) is 0 Å². The minimum Gasteiger partial charge on any atom is -0.491 e. The van der Waals surface area contributed by atoms with Crippen molar-refractivity contribution >= 4 is 17.7 Å². The van der Waals surface area contributed by atoms with E-state index in [0.29, 0.717) is 6.54 Å². The maximum absolute atomic E-state index is 12.2. The van der Waals surface area contributed by atoms with Gasteiger partial charge in [-0.2, -0.15) is 0 Å². The lowest BCUT2D eigenvalue weighted by molar-refractivity contribution is -0.120. The van der Waals surface area contributed by atoms with Gasteiger partial charge in [-0.15, -0.1) is 11.8 Å². The van der Waals surface area contributed by atoms with Gasteiger partial charge in [0.1, 0.15) is 5.75 Å². The smallest absolute Gasteiger partial charge is 0.233 e. The number of carbonyl (C=O) groups is 1. The molecule has 128 valence electrons. The average molecular weight is 343 g/mol. The summed E-state index contributed by atoms with van der Waals surface area (Å²) in [6.45, 7) is 6.49. The Morgan fingerprint density at radius 2 is 1.67 bits per heavy atom. The Bertz CT molecular complexity index is 626. The Morgan fingerprint density at radius 1 is 1.00 bits per heavy atom. The number of hydrogen-bond acceptors (Lipinski definition) is 3. The van der Waals surface area contributed by atoms with Crippen LogP contribution in [0.15, 0.2) is 54.6 Å². The monoisotopic (exact) mass is 343 g/mol. The zero-order chi connectivity index (χ0) is 17.4. The number of benzene rings is 2. The predicted octanol–water partition coefficient (Wildman–Crippen LogP) is 4.41. The molecule has 2 rings (SSSR count). The van der Waals surface area contributed by atoms with Crippen molar-refractivity contribution in [1.82, 2.24) is 5.32 Å². The number of carbonyl (C=O) groups excluding carboxylic acids is 1. The molecule has 0 aromatic heterocycles. The Labute approximate surface area is 148 Å². The summed E-state index contributed by atoms with van der Waals surface area (Å²) in [5.74, 6) is 1.77. The molecule has 2 aromatic rings. The molecule has 0 heterocycles. The van der Waals surface area contributed by atoms with E-state index in [-0.39, 0.29) is 17.3 Å². The van der Waals surface area contributed by atoms with Crippen LogP contribution in [-0.2, 0) is 17.1 Å². The maximum atomic E-state index is 12.2. The maximum Gasteiger partial charge on any atom is 0.233 e. The Balaban J connectivity index is 1.75. The van der Waals surface area contributed by atoms with E-state index in [1.54, 1.807) is 11.8 Å². The molecule has 0 radical (unpaired) electrons. The molecule has 0 fully saturated rings. The first-order valence-electron chi connectivity index (χ1n) is 8.23. The predicted molar refractivity (Wildman–Crippen MR) is 101 cm³/mol. The number of amides is 1. The molecule has 1 amide bonds. The van der Waals surface area contributed by atoms with Gasteiger partial charge in [-0.3, -0.25) is 4.79 Å². The summed E-state index contributed by atoms with van der Waals surface area (Å²) in [5.41, 5.74) is 2.31. The van der Waals surface area contributed by atoms with Crippen molar-refractivity contribution in [2.75, 3.05) is 0 Å². The van der Waals surface area contributed by atoms with Crippen molar-refractivity contribution in [3.8, 4) is 5.75 Å². The van der Waals surface area contributed by atoms with Crippen LogP contribution >= 0.6 is 11.8 Å². The van der Waals surface area contributed by atoms with Gasteiger partial charge in [-0.05, 0) is 44.0 Å². The van der Waals surface area contributed by atoms with Gasteiger partial charge < -0.3 is 10.1 Å². The molecule has 0 aliphatic carbocycles. The Kier molecular flexibility index (Phi) is 7.19. The van der Waals surface area contributed by atoms with Crippen molar-refractivity contribution in [1.29, 1.82) is 0 Å². The topological polar surface area (TPSA) is 38.3 Å². The molecule has 2 aromatic carbocycles. The van der Waals surface area contributed by atoms with Gasteiger partial charge in [0.15, 0.2) is 0 Å². The van der Waals surface area contributed by atoms with Crippen LogP contribution in [0.25, 0.3) is 0 Å². The molecule has 3 nitrogen and oxygen atoms in total. The molecule has 0 bridgehead atoms. The SMILES string of the molecule is CC(C)Oc1ccc(CNC(=O)[C@H](C)SCc2ccccc2)cc1. The van der Waals surface area contributed by atoms with Gasteiger partial charge in [0, 0.05) is 12.3 Å². The zero-order valence-corrected chi connectivity index (χ0v) is 15.3. The molecular weight excluding hydrogens is 318 g/mol. The molecule has 1 N–H and O–H groups in total. The second-order valence-electron chi connectivity index (χ2n) is 5.97. The van der Waals surface area contributed by atoms with Gasteiger partial charge >= 0.3 is 0 Å². The minimum absolute atomic E-state index is 0.0680. The number of ether oxygens (including phenoxy) is 1. The standard InChI is InChI=1S/C20H25NO2S/c1-15(2)23-19-11-9-17(10-12-19)13-21-20(22)16(3)24-14-18-7-5-4-6-8-18/h4-12,15-16H,13-14H2,1-3H3,(H,21,22)/t16-/m0/s1. The van der Waals surface area contributed by atoms with E-state index in [0.717, 1.165) is 17.1 Å². The number of thioether (sulfide) groups is 1. The third-order valence-corrected chi connectivity index (χ3v) is 4.69. The molecule has 1 atom stereocenters. The summed E-state index contributed by atoms with van der Waals surface area (Å²) in [7, 11) is 0. The zero-order valence-electron chi connectivity index (χ0n) is 14.5. The molecule has 0 spiro atoms. The fourth-order valence-corrected chi connectivity index (χ4v) is 3.03. The summed E-state index contributed by atoms with van der Waals surface area (Å²) in [4.78, 5) is 12.2. The van der Waals surface area contributed by atoms with E-state index in [9.17, 15) is 4.79 Å².